The molecule has 18 heavy (non-hydrogen) atoms. The van der Waals surface area contributed by atoms with Gasteiger partial charge in [0, 0.05) is 5.56 Å². The third kappa shape index (κ3) is 2.15. The molecule has 0 saturated heterocycles. The first-order valence-corrected chi connectivity index (χ1v) is 5.94. The van der Waals surface area contributed by atoms with Crippen molar-refractivity contribution in [3.05, 3.63) is 58.2 Å². The molecular weight excluding hydrogens is 230 g/mol. The zero-order valence-corrected chi connectivity index (χ0v) is 11.1. The number of hydrogen-bond donors (Lipinski definition) is 0. The molecule has 0 radical (unpaired) electrons. The smallest absolute Gasteiger partial charge is 0.131 e. The minimum absolute atomic E-state index is 0.289. The lowest BCUT2D eigenvalue weighted by atomic mass is 9.96. The number of hydrogen-bond acceptors (Lipinski definition) is 0. The van der Waals surface area contributed by atoms with Crippen molar-refractivity contribution in [3.8, 4) is 11.1 Å². The van der Waals surface area contributed by atoms with Gasteiger partial charge in [-0.15, -0.1) is 0 Å². The Hall–Kier alpha value is -1.70. The van der Waals surface area contributed by atoms with E-state index in [1.165, 1.54) is 12.1 Å². The minimum Gasteiger partial charge on any atom is -0.207 e. The van der Waals surface area contributed by atoms with Crippen molar-refractivity contribution in [3.63, 3.8) is 0 Å². The van der Waals surface area contributed by atoms with Crippen LogP contribution in [0, 0.1) is 39.3 Å². The topological polar surface area (TPSA) is 0 Å². The lowest BCUT2D eigenvalue weighted by Gasteiger charge is -2.10. The second-order valence-corrected chi connectivity index (χ2v) is 4.82. The van der Waals surface area contributed by atoms with Crippen molar-refractivity contribution in [1.29, 1.82) is 0 Å². The summed E-state index contributed by atoms with van der Waals surface area (Å²) in [6, 6.07) is 6.49. The van der Waals surface area contributed by atoms with E-state index < -0.39 is 0 Å². The molecule has 0 N–H and O–H groups in total. The molecule has 94 valence electrons. The summed E-state index contributed by atoms with van der Waals surface area (Å²) in [4.78, 5) is 0. The van der Waals surface area contributed by atoms with Crippen LogP contribution in [0.2, 0.25) is 0 Å². The van der Waals surface area contributed by atoms with Gasteiger partial charge in [-0.1, -0.05) is 6.07 Å². The van der Waals surface area contributed by atoms with Gasteiger partial charge in [0.15, 0.2) is 0 Å². The van der Waals surface area contributed by atoms with Crippen LogP contribution in [0.4, 0.5) is 8.78 Å². The van der Waals surface area contributed by atoms with Gasteiger partial charge < -0.3 is 0 Å². The van der Waals surface area contributed by atoms with Gasteiger partial charge in [-0.2, -0.15) is 0 Å². The van der Waals surface area contributed by atoms with Crippen LogP contribution in [-0.2, 0) is 0 Å². The molecule has 2 aromatic carbocycles. The summed E-state index contributed by atoms with van der Waals surface area (Å²) >= 11 is 0. The van der Waals surface area contributed by atoms with Crippen molar-refractivity contribution in [1.82, 2.24) is 0 Å². The highest BCUT2D eigenvalue weighted by Crippen LogP contribution is 2.28. The Kier molecular flexibility index (Phi) is 3.20. The SMILES string of the molecule is Cc1cc(F)c(-c2cc(C)c(C)c(F)c2)cc1C. The summed E-state index contributed by atoms with van der Waals surface area (Å²) in [6.45, 7) is 7.35. The van der Waals surface area contributed by atoms with Gasteiger partial charge in [0.2, 0.25) is 0 Å². The maximum atomic E-state index is 14.0. The van der Waals surface area contributed by atoms with Crippen molar-refractivity contribution in [2.24, 2.45) is 0 Å². The standard InChI is InChI=1S/C16H16F2/c1-9-6-14(16(18)7-10(9)2)13-5-11(3)12(4)15(17)8-13/h5-8H,1-4H3. The molecule has 0 aliphatic heterocycles. The monoisotopic (exact) mass is 246 g/mol. The Morgan fingerprint density at radius 3 is 1.89 bits per heavy atom. The molecule has 2 aromatic rings. The molecule has 0 unspecified atom stereocenters. The van der Waals surface area contributed by atoms with Crippen LogP contribution in [0.3, 0.4) is 0 Å². The Morgan fingerprint density at radius 1 is 0.667 bits per heavy atom. The number of rotatable bonds is 1. The normalized spacial score (nSPS) is 10.8. The van der Waals surface area contributed by atoms with E-state index in [9.17, 15) is 8.78 Å². The van der Waals surface area contributed by atoms with Gasteiger partial charge in [0.25, 0.3) is 0 Å². The molecule has 0 atom stereocenters. The Labute approximate surface area is 106 Å². The largest absolute Gasteiger partial charge is 0.207 e. The summed E-state index contributed by atoms with van der Waals surface area (Å²) in [5.74, 6) is -0.594. The van der Waals surface area contributed by atoms with E-state index >= 15 is 0 Å². The first-order valence-electron chi connectivity index (χ1n) is 5.94. The van der Waals surface area contributed by atoms with Gasteiger partial charge in [0.1, 0.15) is 11.6 Å². The summed E-state index contributed by atoms with van der Waals surface area (Å²) in [5.41, 5.74) is 4.41. The predicted octanol–water partition coefficient (Wildman–Crippen LogP) is 4.87. The number of benzene rings is 2. The van der Waals surface area contributed by atoms with Crippen LogP contribution in [0.25, 0.3) is 11.1 Å². The second-order valence-electron chi connectivity index (χ2n) is 4.82. The molecule has 2 rings (SSSR count). The molecule has 0 amide bonds. The van der Waals surface area contributed by atoms with Crippen molar-refractivity contribution >= 4 is 0 Å². The summed E-state index contributed by atoms with van der Waals surface area (Å²) in [6.07, 6.45) is 0. The fourth-order valence-corrected chi connectivity index (χ4v) is 1.97. The van der Waals surface area contributed by atoms with Crippen molar-refractivity contribution in [2.45, 2.75) is 27.7 Å². The zero-order chi connectivity index (χ0) is 13.4. The first kappa shape index (κ1) is 12.7. The molecule has 0 aliphatic carbocycles. The van der Waals surface area contributed by atoms with E-state index in [2.05, 4.69) is 0 Å². The van der Waals surface area contributed by atoms with E-state index in [1.54, 1.807) is 13.0 Å². The van der Waals surface area contributed by atoms with Crippen LogP contribution in [0.1, 0.15) is 22.3 Å². The molecule has 0 aromatic heterocycles. The summed E-state index contributed by atoms with van der Waals surface area (Å²) in [5, 5.41) is 0. The zero-order valence-electron chi connectivity index (χ0n) is 11.1. The second kappa shape index (κ2) is 4.52. The molecule has 0 aliphatic rings. The van der Waals surface area contributed by atoms with Crippen molar-refractivity contribution < 1.29 is 8.78 Å². The Bertz CT molecular complexity index is 590. The highest BCUT2D eigenvalue weighted by Gasteiger charge is 2.11. The molecule has 0 spiro atoms. The van der Waals surface area contributed by atoms with Gasteiger partial charge in [-0.25, -0.2) is 8.78 Å². The lowest BCUT2D eigenvalue weighted by molar-refractivity contribution is 0.615. The van der Waals surface area contributed by atoms with E-state index in [-0.39, 0.29) is 11.6 Å². The number of aryl methyl sites for hydroxylation is 3. The van der Waals surface area contributed by atoms with E-state index in [1.807, 2.05) is 26.8 Å². The van der Waals surface area contributed by atoms with Crippen LogP contribution in [0.15, 0.2) is 24.3 Å². The first-order chi connectivity index (χ1) is 8.40. The van der Waals surface area contributed by atoms with Crippen LogP contribution in [0.5, 0.6) is 0 Å². The quantitative estimate of drug-likeness (QED) is 0.673. The van der Waals surface area contributed by atoms with Gasteiger partial charge in [0.05, 0.1) is 0 Å². The minimum atomic E-state index is -0.305. The average Bonchev–Trinajstić information content (AvgIpc) is 2.30. The Balaban J connectivity index is 2.66. The van der Waals surface area contributed by atoms with Crippen LogP contribution < -0.4 is 0 Å². The fourth-order valence-electron chi connectivity index (χ4n) is 1.97. The summed E-state index contributed by atoms with van der Waals surface area (Å²) in [7, 11) is 0. The highest BCUT2D eigenvalue weighted by molar-refractivity contribution is 5.67. The molecule has 2 heteroatoms. The van der Waals surface area contributed by atoms with Gasteiger partial charge in [-0.05, 0) is 73.7 Å². The molecule has 0 bridgehead atoms. The van der Waals surface area contributed by atoms with Gasteiger partial charge in [-0.3, -0.25) is 0 Å². The molecule has 0 fully saturated rings. The van der Waals surface area contributed by atoms with Gasteiger partial charge >= 0.3 is 0 Å². The third-order valence-electron chi connectivity index (χ3n) is 3.50. The molecule has 0 nitrogen and oxygen atoms in total. The van der Waals surface area contributed by atoms with E-state index in [0.717, 1.165) is 16.7 Å². The maximum Gasteiger partial charge on any atom is 0.131 e. The van der Waals surface area contributed by atoms with Crippen molar-refractivity contribution in [2.75, 3.05) is 0 Å². The van der Waals surface area contributed by atoms with E-state index in [4.69, 9.17) is 0 Å². The van der Waals surface area contributed by atoms with Crippen LogP contribution >= 0.6 is 0 Å². The van der Waals surface area contributed by atoms with Crippen LogP contribution in [-0.4, -0.2) is 0 Å². The number of halogens is 2. The average molecular weight is 246 g/mol. The fraction of sp³-hybridized carbons (Fsp3) is 0.250. The molecular formula is C16H16F2. The molecule has 0 heterocycles. The lowest BCUT2D eigenvalue weighted by Crippen LogP contribution is -1.93. The van der Waals surface area contributed by atoms with E-state index in [0.29, 0.717) is 16.7 Å². The Morgan fingerprint density at radius 2 is 1.28 bits per heavy atom. The molecule has 0 saturated carbocycles. The maximum absolute atomic E-state index is 14.0. The highest BCUT2D eigenvalue weighted by atomic mass is 19.1. The predicted molar refractivity (Wildman–Crippen MR) is 70.7 cm³/mol. The summed E-state index contributed by atoms with van der Waals surface area (Å²) < 4.78 is 27.7. The third-order valence-corrected chi connectivity index (χ3v) is 3.50.